The lowest BCUT2D eigenvalue weighted by Crippen LogP contribution is -2.37. The molecule has 0 amide bonds. The van der Waals surface area contributed by atoms with Crippen molar-refractivity contribution in [1.82, 2.24) is 9.78 Å². The number of benzene rings is 2. The van der Waals surface area contributed by atoms with Crippen LogP contribution in [0.1, 0.15) is 0 Å². The fourth-order valence-electron chi connectivity index (χ4n) is 2.91. The number of halogens is 1. The van der Waals surface area contributed by atoms with Crippen LogP contribution in [0.2, 0.25) is 5.02 Å². The van der Waals surface area contributed by atoms with Gasteiger partial charge < -0.3 is 9.64 Å². The lowest BCUT2D eigenvalue weighted by atomic mass is 10.1. The lowest BCUT2D eigenvalue weighted by Gasteiger charge is -2.28. The maximum Gasteiger partial charge on any atom is 0.133 e. The summed E-state index contributed by atoms with van der Waals surface area (Å²) in [7, 11) is 0. The van der Waals surface area contributed by atoms with E-state index in [0.29, 0.717) is 0 Å². The van der Waals surface area contributed by atoms with Gasteiger partial charge in [0.15, 0.2) is 0 Å². The van der Waals surface area contributed by atoms with Gasteiger partial charge in [0.05, 0.1) is 24.6 Å². The first kappa shape index (κ1) is 15.2. The number of hydrogen-bond acceptors (Lipinski definition) is 3. The Morgan fingerprint density at radius 3 is 2.33 bits per heavy atom. The topological polar surface area (TPSA) is 30.3 Å². The standard InChI is InChI=1S/C19H18ClN3O/c20-16-8-6-15(7-9-16)18-14-19(22-10-12-24-13-11-22)23(21-18)17-4-2-1-3-5-17/h1-9,14H,10-13H2. The normalized spacial score (nSPS) is 14.8. The molecule has 1 aliphatic heterocycles. The van der Waals surface area contributed by atoms with Crippen molar-refractivity contribution < 1.29 is 4.74 Å². The molecule has 0 unspecified atom stereocenters. The molecular weight excluding hydrogens is 322 g/mol. The zero-order chi connectivity index (χ0) is 16.4. The van der Waals surface area contributed by atoms with Crippen LogP contribution in [0.3, 0.4) is 0 Å². The minimum atomic E-state index is 0.731. The SMILES string of the molecule is Clc1ccc(-c2cc(N3CCOCC3)n(-c3ccccc3)n2)cc1. The highest BCUT2D eigenvalue weighted by molar-refractivity contribution is 6.30. The van der Waals surface area contributed by atoms with Crippen LogP contribution in [0.5, 0.6) is 0 Å². The largest absolute Gasteiger partial charge is 0.378 e. The maximum absolute atomic E-state index is 6.01. The number of aromatic nitrogens is 2. The Balaban J connectivity index is 1.79. The average molecular weight is 340 g/mol. The second kappa shape index (κ2) is 6.67. The third-order valence-electron chi connectivity index (χ3n) is 4.17. The fraction of sp³-hybridized carbons (Fsp3) is 0.211. The molecule has 4 nitrogen and oxygen atoms in total. The number of para-hydroxylation sites is 1. The second-order valence-electron chi connectivity index (χ2n) is 5.74. The lowest BCUT2D eigenvalue weighted by molar-refractivity contribution is 0.122. The van der Waals surface area contributed by atoms with Crippen LogP contribution < -0.4 is 4.90 Å². The van der Waals surface area contributed by atoms with E-state index in [4.69, 9.17) is 21.4 Å². The minimum Gasteiger partial charge on any atom is -0.378 e. The molecule has 2 heterocycles. The highest BCUT2D eigenvalue weighted by atomic mass is 35.5. The highest BCUT2D eigenvalue weighted by Crippen LogP contribution is 2.28. The number of hydrogen-bond donors (Lipinski definition) is 0. The van der Waals surface area contributed by atoms with Crippen molar-refractivity contribution in [3.8, 4) is 16.9 Å². The van der Waals surface area contributed by atoms with Crippen molar-refractivity contribution in [3.63, 3.8) is 0 Å². The van der Waals surface area contributed by atoms with Gasteiger partial charge in [-0.1, -0.05) is 41.9 Å². The smallest absolute Gasteiger partial charge is 0.133 e. The summed E-state index contributed by atoms with van der Waals surface area (Å²) in [5.74, 6) is 1.09. The zero-order valence-electron chi connectivity index (χ0n) is 13.2. The molecule has 1 fully saturated rings. The van der Waals surface area contributed by atoms with Gasteiger partial charge in [-0.3, -0.25) is 0 Å². The summed E-state index contributed by atoms with van der Waals surface area (Å²) >= 11 is 6.01. The average Bonchev–Trinajstić information content (AvgIpc) is 3.09. The summed E-state index contributed by atoms with van der Waals surface area (Å²) in [6.45, 7) is 3.24. The monoisotopic (exact) mass is 339 g/mol. The van der Waals surface area contributed by atoms with Crippen LogP contribution in [0.4, 0.5) is 5.82 Å². The van der Waals surface area contributed by atoms with Crippen LogP contribution in [-0.2, 0) is 4.74 Å². The fourth-order valence-corrected chi connectivity index (χ4v) is 3.04. The molecule has 1 aliphatic rings. The molecule has 122 valence electrons. The van der Waals surface area contributed by atoms with E-state index in [2.05, 4.69) is 23.1 Å². The molecule has 24 heavy (non-hydrogen) atoms. The molecule has 0 saturated carbocycles. The van der Waals surface area contributed by atoms with Gasteiger partial charge in [-0.05, 0) is 24.3 Å². The van der Waals surface area contributed by atoms with Gasteiger partial charge in [-0.2, -0.15) is 5.10 Å². The molecule has 1 aromatic heterocycles. The zero-order valence-corrected chi connectivity index (χ0v) is 14.0. The molecule has 0 radical (unpaired) electrons. The number of anilines is 1. The summed E-state index contributed by atoms with van der Waals surface area (Å²) in [6.07, 6.45) is 0. The molecule has 3 aromatic rings. The first-order valence-electron chi connectivity index (χ1n) is 8.05. The van der Waals surface area contributed by atoms with Gasteiger partial charge in [0.25, 0.3) is 0 Å². The highest BCUT2D eigenvalue weighted by Gasteiger charge is 2.19. The Hall–Kier alpha value is -2.30. The van der Waals surface area contributed by atoms with Crippen LogP contribution in [-0.4, -0.2) is 36.1 Å². The van der Waals surface area contributed by atoms with Gasteiger partial charge in [0.2, 0.25) is 0 Å². The Morgan fingerprint density at radius 2 is 1.62 bits per heavy atom. The van der Waals surface area contributed by atoms with E-state index in [1.807, 2.05) is 47.1 Å². The molecule has 5 heteroatoms. The third-order valence-corrected chi connectivity index (χ3v) is 4.42. The van der Waals surface area contributed by atoms with E-state index in [9.17, 15) is 0 Å². The van der Waals surface area contributed by atoms with E-state index in [0.717, 1.165) is 54.1 Å². The molecule has 2 aromatic carbocycles. The minimum absolute atomic E-state index is 0.731. The van der Waals surface area contributed by atoms with Crippen LogP contribution in [0.15, 0.2) is 60.7 Å². The van der Waals surface area contributed by atoms with Crippen molar-refractivity contribution in [2.24, 2.45) is 0 Å². The van der Waals surface area contributed by atoms with E-state index >= 15 is 0 Å². The molecular formula is C19H18ClN3O. The molecule has 0 aliphatic carbocycles. The van der Waals surface area contributed by atoms with E-state index in [-0.39, 0.29) is 0 Å². The predicted octanol–water partition coefficient (Wildman–Crippen LogP) is 4.03. The molecule has 1 saturated heterocycles. The van der Waals surface area contributed by atoms with Gasteiger partial charge in [0, 0.05) is 29.7 Å². The Labute approximate surface area is 146 Å². The van der Waals surface area contributed by atoms with E-state index < -0.39 is 0 Å². The number of morpholine rings is 1. The molecule has 0 bridgehead atoms. The summed E-state index contributed by atoms with van der Waals surface area (Å²) in [5, 5.41) is 5.58. The second-order valence-corrected chi connectivity index (χ2v) is 6.18. The van der Waals surface area contributed by atoms with Crippen LogP contribution >= 0.6 is 11.6 Å². The van der Waals surface area contributed by atoms with Crippen molar-refractivity contribution in [2.45, 2.75) is 0 Å². The number of nitrogens with zero attached hydrogens (tertiary/aromatic N) is 3. The maximum atomic E-state index is 6.01. The first-order valence-corrected chi connectivity index (χ1v) is 8.43. The summed E-state index contributed by atoms with van der Waals surface area (Å²) < 4.78 is 7.49. The number of rotatable bonds is 3. The predicted molar refractivity (Wildman–Crippen MR) is 97.0 cm³/mol. The Kier molecular flexibility index (Phi) is 4.24. The third kappa shape index (κ3) is 3.03. The Morgan fingerprint density at radius 1 is 0.917 bits per heavy atom. The molecule has 0 spiro atoms. The quantitative estimate of drug-likeness (QED) is 0.721. The van der Waals surface area contributed by atoms with Crippen molar-refractivity contribution in [1.29, 1.82) is 0 Å². The molecule has 4 rings (SSSR count). The van der Waals surface area contributed by atoms with Gasteiger partial charge in [-0.15, -0.1) is 0 Å². The molecule has 0 atom stereocenters. The molecule has 0 N–H and O–H groups in total. The van der Waals surface area contributed by atoms with Crippen molar-refractivity contribution >= 4 is 17.4 Å². The van der Waals surface area contributed by atoms with Gasteiger partial charge >= 0.3 is 0 Å². The van der Waals surface area contributed by atoms with Gasteiger partial charge in [0.1, 0.15) is 5.82 Å². The summed E-state index contributed by atoms with van der Waals surface area (Å²) in [5.41, 5.74) is 3.06. The van der Waals surface area contributed by atoms with Crippen LogP contribution in [0, 0.1) is 0 Å². The van der Waals surface area contributed by atoms with Crippen LogP contribution in [0.25, 0.3) is 16.9 Å². The number of ether oxygens (including phenoxy) is 1. The van der Waals surface area contributed by atoms with Crippen molar-refractivity contribution in [2.75, 3.05) is 31.2 Å². The van der Waals surface area contributed by atoms with E-state index in [1.54, 1.807) is 0 Å². The van der Waals surface area contributed by atoms with Gasteiger partial charge in [-0.25, -0.2) is 4.68 Å². The van der Waals surface area contributed by atoms with Crippen molar-refractivity contribution in [3.05, 3.63) is 65.7 Å². The van der Waals surface area contributed by atoms with E-state index in [1.165, 1.54) is 0 Å². The first-order chi connectivity index (χ1) is 11.8. The summed E-state index contributed by atoms with van der Waals surface area (Å²) in [4.78, 5) is 2.32. The Bertz CT molecular complexity index is 808. The summed E-state index contributed by atoms with van der Waals surface area (Å²) in [6, 6.07) is 20.2.